The fourth-order valence-electron chi connectivity index (χ4n) is 4.60. The van der Waals surface area contributed by atoms with Gasteiger partial charge < -0.3 is 19.0 Å². The predicted octanol–water partition coefficient (Wildman–Crippen LogP) is 4.84. The number of ketones is 2. The summed E-state index contributed by atoms with van der Waals surface area (Å²) in [6.07, 6.45) is 1.06. The van der Waals surface area contributed by atoms with Crippen molar-refractivity contribution in [1.82, 2.24) is 0 Å². The summed E-state index contributed by atoms with van der Waals surface area (Å²) < 4.78 is 11.5. The molecule has 0 unspecified atom stereocenters. The van der Waals surface area contributed by atoms with Gasteiger partial charge in [-0.15, -0.1) is 0 Å². The summed E-state index contributed by atoms with van der Waals surface area (Å²) in [5, 5.41) is 19.4. The standard InChI is InChI=1S/C28H18O9/c1-11-6-17(28(34)35)24-21(7-11)36-10-19(26(24)33)23-16(12(2)29)9-18-25(32)15-5-4-14(31)8-20(15)37-27(18)22(23)13(3)30/h4-10,31H,1-3H3,(H,34,35). The number of Topliss-reactive ketones (excluding diaryl/α,β-unsaturated/α-hetero) is 2. The molecule has 0 amide bonds. The van der Waals surface area contributed by atoms with Gasteiger partial charge >= 0.3 is 5.97 Å². The number of hydrogen-bond acceptors (Lipinski definition) is 8. The van der Waals surface area contributed by atoms with Crippen molar-refractivity contribution < 1.29 is 33.4 Å². The van der Waals surface area contributed by atoms with E-state index in [0.717, 1.165) is 6.26 Å². The monoisotopic (exact) mass is 498 g/mol. The molecule has 0 radical (unpaired) electrons. The molecule has 0 fully saturated rings. The van der Waals surface area contributed by atoms with Crippen LogP contribution in [0.15, 0.2) is 61.1 Å². The molecule has 0 atom stereocenters. The van der Waals surface area contributed by atoms with Crippen LogP contribution in [0.4, 0.5) is 0 Å². The summed E-state index contributed by atoms with van der Waals surface area (Å²) in [4.78, 5) is 64.7. The van der Waals surface area contributed by atoms with Crippen molar-refractivity contribution in [3.8, 4) is 16.9 Å². The van der Waals surface area contributed by atoms with Crippen LogP contribution in [0.25, 0.3) is 44.0 Å². The Morgan fingerprint density at radius 1 is 0.838 bits per heavy atom. The van der Waals surface area contributed by atoms with E-state index in [1.807, 2.05) is 0 Å². The quantitative estimate of drug-likeness (QED) is 0.262. The van der Waals surface area contributed by atoms with Crippen LogP contribution < -0.4 is 10.9 Å². The number of aromatic carboxylic acids is 1. The Hall–Kier alpha value is -5.05. The summed E-state index contributed by atoms with van der Waals surface area (Å²) in [7, 11) is 0. The second kappa shape index (κ2) is 8.27. The number of phenols is 1. The molecule has 0 aliphatic heterocycles. The second-order valence-corrected chi connectivity index (χ2v) is 8.74. The molecule has 0 aliphatic carbocycles. The summed E-state index contributed by atoms with van der Waals surface area (Å²) in [5.74, 6) is -2.70. The minimum absolute atomic E-state index is 0.00397. The molecular formula is C28H18O9. The van der Waals surface area contributed by atoms with Crippen molar-refractivity contribution in [1.29, 1.82) is 0 Å². The van der Waals surface area contributed by atoms with E-state index in [2.05, 4.69) is 0 Å². The van der Waals surface area contributed by atoms with Gasteiger partial charge in [0.25, 0.3) is 0 Å². The molecule has 184 valence electrons. The van der Waals surface area contributed by atoms with Crippen LogP contribution in [-0.2, 0) is 0 Å². The maximum absolute atomic E-state index is 13.7. The molecule has 5 rings (SSSR count). The number of carbonyl (C=O) groups excluding carboxylic acids is 2. The molecule has 0 saturated heterocycles. The predicted molar refractivity (Wildman–Crippen MR) is 135 cm³/mol. The normalized spacial score (nSPS) is 11.3. The molecule has 9 heteroatoms. The number of carbonyl (C=O) groups is 3. The third-order valence-electron chi connectivity index (χ3n) is 6.20. The first kappa shape index (κ1) is 23.7. The van der Waals surface area contributed by atoms with E-state index >= 15 is 0 Å². The van der Waals surface area contributed by atoms with E-state index < -0.39 is 28.4 Å². The Bertz CT molecular complexity index is 1970. The molecule has 9 nitrogen and oxygen atoms in total. The van der Waals surface area contributed by atoms with Gasteiger partial charge in [-0.3, -0.25) is 19.2 Å². The molecule has 2 N–H and O–H groups in total. The van der Waals surface area contributed by atoms with E-state index in [1.165, 1.54) is 50.2 Å². The van der Waals surface area contributed by atoms with Crippen LogP contribution in [0.5, 0.6) is 5.75 Å². The van der Waals surface area contributed by atoms with Gasteiger partial charge in [-0.05, 0) is 56.7 Å². The van der Waals surface area contributed by atoms with E-state index in [4.69, 9.17) is 8.83 Å². The molecular weight excluding hydrogens is 480 g/mol. The Morgan fingerprint density at radius 2 is 1.57 bits per heavy atom. The zero-order valence-corrected chi connectivity index (χ0v) is 19.8. The summed E-state index contributed by atoms with van der Waals surface area (Å²) in [6.45, 7) is 4.04. The lowest BCUT2D eigenvalue weighted by Gasteiger charge is -2.15. The highest BCUT2D eigenvalue weighted by Gasteiger charge is 2.28. The van der Waals surface area contributed by atoms with Crippen molar-refractivity contribution in [2.75, 3.05) is 0 Å². The topological polar surface area (TPSA) is 152 Å². The lowest BCUT2D eigenvalue weighted by Crippen LogP contribution is -2.16. The van der Waals surface area contributed by atoms with Gasteiger partial charge in [-0.2, -0.15) is 0 Å². The largest absolute Gasteiger partial charge is 0.508 e. The number of rotatable bonds is 4. The Kier molecular flexibility index (Phi) is 5.29. The first-order valence-corrected chi connectivity index (χ1v) is 11.1. The Labute approximate surface area is 207 Å². The van der Waals surface area contributed by atoms with Crippen LogP contribution in [0, 0.1) is 6.92 Å². The molecule has 0 bridgehead atoms. The minimum atomic E-state index is -1.35. The minimum Gasteiger partial charge on any atom is -0.508 e. The third-order valence-corrected chi connectivity index (χ3v) is 6.20. The summed E-state index contributed by atoms with van der Waals surface area (Å²) >= 11 is 0. The number of carboxylic acids is 1. The van der Waals surface area contributed by atoms with Gasteiger partial charge in [0.2, 0.25) is 10.9 Å². The third kappa shape index (κ3) is 3.59. The number of benzene rings is 3. The highest BCUT2D eigenvalue weighted by molar-refractivity contribution is 6.17. The zero-order chi connectivity index (χ0) is 26.8. The highest BCUT2D eigenvalue weighted by atomic mass is 16.4. The van der Waals surface area contributed by atoms with Crippen LogP contribution in [0.1, 0.15) is 50.5 Å². The van der Waals surface area contributed by atoms with Crippen molar-refractivity contribution in [3.63, 3.8) is 0 Å². The number of aryl methyl sites for hydroxylation is 1. The van der Waals surface area contributed by atoms with Crippen LogP contribution >= 0.6 is 0 Å². The fourth-order valence-corrected chi connectivity index (χ4v) is 4.60. The van der Waals surface area contributed by atoms with E-state index in [-0.39, 0.29) is 66.5 Å². The highest BCUT2D eigenvalue weighted by Crippen LogP contribution is 2.35. The van der Waals surface area contributed by atoms with E-state index in [1.54, 1.807) is 6.92 Å². The zero-order valence-electron chi connectivity index (χ0n) is 19.8. The number of hydrogen-bond donors (Lipinski definition) is 2. The van der Waals surface area contributed by atoms with Gasteiger partial charge in [0, 0.05) is 17.2 Å². The molecule has 3 aromatic carbocycles. The average Bonchev–Trinajstić information content (AvgIpc) is 2.82. The van der Waals surface area contributed by atoms with Gasteiger partial charge in [-0.25, -0.2) is 4.79 Å². The smallest absolute Gasteiger partial charge is 0.336 e. The van der Waals surface area contributed by atoms with Crippen molar-refractivity contribution >= 4 is 50.4 Å². The first-order valence-electron chi connectivity index (χ1n) is 11.1. The van der Waals surface area contributed by atoms with Crippen molar-refractivity contribution in [3.05, 3.63) is 85.4 Å². The Morgan fingerprint density at radius 3 is 2.22 bits per heavy atom. The average molecular weight is 498 g/mol. The number of fused-ring (bicyclic) bond motifs is 3. The first-order chi connectivity index (χ1) is 17.5. The van der Waals surface area contributed by atoms with Crippen LogP contribution in [-0.4, -0.2) is 27.7 Å². The van der Waals surface area contributed by atoms with Crippen molar-refractivity contribution in [2.24, 2.45) is 0 Å². The number of phenolic OH excluding ortho intramolecular Hbond substituents is 1. The molecule has 0 saturated carbocycles. The molecule has 2 aromatic heterocycles. The molecule has 5 aromatic rings. The summed E-state index contributed by atoms with van der Waals surface area (Å²) in [6, 6.07) is 7.94. The SMILES string of the molecule is CC(=O)c1cc2c(=O)c3ccc(O)cc3oc2c(C(C)=O)c1-c1coc2cc(C)cc(C(=O)O)c2c1=O. The molecule has 0 aliphatic rings. The number of carboxylic acid groups (broad SMARTS) is 1. The van der Waals surface area contributed by atoms with E-state index in [9.17, 15) is 34.2 Å². The molecule has 2 heterocycles. The number of aromatic hydroxyl groups is 1. The molecule has 37 heavy (non-hydrogen) atoms. The molecule has 0 spiro atoms. The second-order valence-electron chi connectivity index (χ2n) is 8.74. The lowest BCUT2D eigenvalue weighted by molar-refractivity contribution is 0.0698. The summed E-state index contributed by atoms with van der Waals surface area (Å²) in [5.41, 5.74) is -1.94. The van der Waals surface area contributed by atoms with Gasteiger partial charge in [0.05, 0.1) is 32.8 Å². The maximum Gasteiger partial charge on any atom is 0.336 e. The van der Waals surface area contributed by atoms with Crippen molar-refractivity contribution in [2.45, 2.75) is 20.8 Å². The van der Waals surface area contributed by atoms with Gasteiger partial charge in [0.15, 0.2) is 11.6 Å². The van der Waals surface area contributed by atoms with Gasteiger partial charge in [0.1, 0.15) is 28.8 Å². The van der Waals surface area contributed by atoms with Gasteiger partial charge in [-0.1, -0.05) is 0 Å². The van der Waals surface area contributed by atoms with Crippen LogP contribution in [0.3, 0.4) is 0 Å². The fraction of sp³-hybridized carbons (Fsp3) is 0.107. The Balaban J connectivity index is 2.03. The van der Waals surface area contributed by atoms with E-state index in [0.29, 0.717) is 5.56 Å². The maximum atomic E-state index is 13.7. The lowest BCUT2D eigenvalue weighted by atomic mass is 9.88. The van der Waals surface area contributed by atoms with Crippen LogP contribution in [0.2, 0.25) is 0 Å².